The topological polar surface area (TPSA) is 99.1 Å². The second kappa shape index (κ2) is 6.14. The zero-order valence-electron chi connectivity index (χ0n) is 12.7. The van der Waals surface area contributed by atoms with Crippen LogP contribution in [0.4, 0.5) is 5.82 Å². The molecule has 2 aromatic rings. The number of hydrogen-bond acceptors (Lipinski definition) is 7. The van der Waals surface area contributed by atoms with Crippen LogP contribution in [-0.4, -0.2) is 38.9 Å². The van der Waals surface area contributed by atoms with Crippen LogP contribution >= 0.6 is 11.6 Å². The molecule has 1 aliphatic heterocycles. The van der Waals surface area contributed by atoms with Crippen molar-refractivity contribution in [1.29, 1.82) is 5.26 Å². The summed E-state index contributed by atoms with van der Waals surface area (Å²) in [5.41, 5.74) is -0.781. The number of rotatable bonds is 3. The third-order valence-corrected chi connectivity index (χ3v) is 4.17. The third kappa shape index (κ3) is 3.44. The lowest BCUT2D eigenvalue weighted by atomic mass is 9.89. The van der Waals surface area contributed by atoms with Crippen molar-refractivity contribution in [2.45, 2.75) is 31.8 Å². The van der Waals surface area contributed by atoms with Gasteiger partial charge < -0.3 is 14.5 Å². The van der Waals surface area contributed by atoms with Crippen molar-refractivity contribution in [3.8, 4) is 6.07 Å². The average Bonchev–Trinajstić information content (AvgIpc) is 2.92. The Morgan fingerprint density at radius 1 is 1.48 bits per heavy atom. The fourth-order valence-corrected chi connectivity index (χ4v) is 2.98. The lowest BCUT2D eigenvalue weighted by Crippen LogP contribution is -2.50. The molecule has 1 aliphatic rings. The first-order valence-corrected chi connectivity index (χ1v) is 7.70. The molecule has 0 aliphatic carbocycles. The predicted molar refractivity (Wildman–Crippen MR) is 83.1 cm³/mol. The van der Waals surface area contributed by atoms with Crippen molar-refractivity contribution in [2.24, 2.45) is 0 Å². The number of nitrogens with zero attached hydrogens (tertiary/aromatic N) is 5. The summed E-state index contributed by atoms with van der Waals surface area (Å²) in [5, 5.41) is 24.0. The van der Waals surface area contributed by atoms with E-state index in [0.717, 1.165) is 13.0 Å². The van der Waals surface area contributed by atoms with Gasteiger partial charge in [0.25, 0.3) is 0 Å². The SMILES string of the molecule is Cc1noc(CC2(O)CCCN(c3ccc(Cl)c(C#N)n3)C2)n1. The molecule has 0 aromatic carbocycles. The van der Waals surface area contributed by atoms with E-state index < -0.39 is 5.60 Å². The lowest BCUT2D eigenvalue weighted by Gasteiger charge is -2.39. The second-order valence-electron chi connectivity index (χ2n) is 5.77. The first-order valence-electron chi connectivity index (χ1n) is 7.32. The molecule has 1 saturated heterocycles. The van der Waals surface area contributed by atoms with E-state index in [-0.39, 0.29) is 5.69 Å². The summed E-state index contributed by atoms with van der Waals surface area (Å²) < 4.78 is 5.11. The van der Waals surface area contributed by atoms with Crippen molar-refractivity contribution in [3.63, 3.8) is 0 Å². The normalized spacial score (nSPS) is 21.2. The van der Waals surface area contributed by atoms with E-state index in [2.05, 4.69) is 15.1 Å². The molecular formula is C15H16ClN5O2. The molecule has 0 bridgehead atoms. The summed E-state index contributed by atoms with van der Waals surface area (Å²) in [6.07, 6.45) is 1.74. The standard InChI is InChI=1S/C15H16ClN5O2/c1-10-18-14(23-20-10)7-15(22)5-2-6-21(9-15)13-4-3-11(16)12(8-17)19-13/h3-4,22H,2,5-7,9H2,1H3. The van der Waals surface area contributed by atoms with E-state index in [1.54, 1.807) is 19.1 Å². The van der Waals surface area contributed by atoms with E-state index in [9.17, 15) is 5.11 Å². The smallest absolute Gasteiger partial charge is 0.229 e. The number of aryl methyl sites for hydroxylation is 1. The van der Waals surface area contributed by atoms with Gasteiger partial charge in [-0.25, -0.2) is 4.98 Å². The van der Waals surface area contributed by atoms with Crippen LogP contribution in [0.3, 0.4) is 0 Å². The Balaban J connectivity index is 1.79. The van der Waals surface area contributed by atoms with Crippen molar-refractivity contribution < 1.29 is 9.63 Å². The molecule has 1 unspecified atom stereocenters. The van der Waals surface area contributed by atoms with Gasteiger partial charge in [0.2, 0.25) is 5.89 Å². The zero-order valence-corrected chi connectivity index (χ0v) is 13.4. The number of hydrogen-bond donors (Lipinski definition) is 1. The zero-order chi connectivity index (χ0) is 16.4. The third-order valence-electron chi connectivity index (χ3n) is 3.87. The molecule has 3 heterocycles. The minimum absolute atomic E-state index is 0.186. The molecule has 23 heavy (non-hydrogen) atoms. The van der Waals surface area contributed by atoms with Gasteiger partial charge in [-0.2, -0.15) is 10.2 Å². The van der Waals surface area contributed by atoms with Gasteiger partial charge in [0.1, 0.15) is 11.9 Å². The molecule has 0 spiro atoms. The first kappa shape index (κ1) is 15.7. The number of nitriles is 1. The Morgan fingerprint density at radius 3 is 3.00 bits per heavy atom. The van der Waals surface area contributed by atoms with Crippen LogP contribution in [0.15, 0.2) is 16.7 Å². The summed E-state index contributed by atoms with van der Waals surface area (Å²) >= 11 is 5.92. The summed E-state index contributed by atoms with van der Waals surface area (Å²) in [7, 11) is 0. The highest BCUT2D eigenvalue weighted by molar-refractivity contribution is 6.31. The number of pyridine rings is 1. The number of anilines is 1. The fourth-order valence-electron chi connectivity index (χ4n) is 2.83. The Bertz CT molecular complexity index is 757. The van der Waals surface area contributed by atoms with Gasteiger partial charge in [0, 0.05) is 13.1 Å². The van der Waals surface area contributed by atoms with Crippen molar-refractivity contribution in [3.05, 3.63) is 34.6 Å². The van der Waals surface area contributed by atoms with Gasteiger partial charge >= 0.3 is 0 Å². The van der Waals surface area contributed by atoms with Crippen LogP contribution in [0.2, 0.25) is 5.02 Å². The Labute approximate surface area is 138 Å². The van der Waals surface area contributed by atoms with Crippen LogP contribution in [0, 0.1) is 18.3 Å². The Morgan fingerprint density at radius 2 is 2.30 bits per heavy atom. The highest BCUT2D eigenvalue weighted by atomic mass is 35.5. The summed E-state index contributed by atoms with van der Waals surface area (Å²) in [4.78, 5) is 10.4. The maximum atomic E-state index is 10.9. The van der Waals surface area contributed by atoms with Gasteiger partial charge in [-0.1, -0.05) is 16.8 Å². The molecule has 2 aromatic heterocycles. The van der Waals surface area contributed by atoms with E-state index in [0.29, 0.717) is 41.9 Å². The molecule has 8 heteroatoms. The highest BCUT2D eigenvalue weighted by Gasteiger charge is 2.36. The van der Waals surface area contributed by atoms with Crippen LogP contribution in [0.1, 0.15) is 30.3 Å². The van der Waals surface area contributed by atoms with Crippen molar-refractivity contribution >= 4 is 17.4 Å². The van der Waals surface area contributed by atoms with Gasteiger partial charge in [-0.3, -0.25) is 0 Å². The van der Waals surface area contributed by atoms with Crippen LogP contribution in [0.5, 0.6) is 0 Å². The van der Waals surface area contributed by atoms with Gasteiger partial charge in [-0.15, -0.1) is 0 Å². The molecule has 1 N–H and O–H groups in total. The Hall–Kier alpha value is -2.17. The highest BCUT2D eigenvalue weighted by Crippen LogP contribution is 2.28. The number of aliphatic hydroxyl groups is 1. The maximum absolute atomic E-state index is 10.9. The fraction of sp³-hybridized carbons (Fsp3) is 0.467. The van der Waals surface area contributed by atoms with Crippen molar-refractivity contribution in [1.82, 2.24) is 15.1 Å². The lowest BCUT2D eigenvalue weighted by molar-refractivity contribution is 0.0191. The van der Waals surface area contributed by atoms with E-state index >= 15 is 0 Å². The molecule has 1 atom stereocenters. The molecule has 3 rings (SSSR count). The van der Waals surface area contributed by atoms with Gasteiger partial charge in [-0.05, 0) is 31.9 Å². The largest absolute Gasteiger partial charge is 0.388 e. The van der Waals surface area contributed by atoms with E-state index in [1.807, 2.05) is 11.0 Å². The predicted octanol–water partition coefficient (Wildman–Crippen LogP) is 1.87. The molecule has 0 amide bonds. The first-order chi connectivity index (χ1) is 11.0. The van der Waals surface area contributed by atoms with Gasteiger partial charge in [0.05, 0.1) is 17.0 Å². The average molecular weight is 334 g/mol. The number of halogens is 1. The summed E-state index contributed by atoms with van der Waals surface area (Å²) in [6, 6.07) is 5.38. The summed E-state index contributed by atoms with van der Waals surface area (Å²) in [5.74, 6) is 1.61. The van der Waals surface area contributed by atoms with Crippen LogP contribution in [0.25, 0.3) is 0 Å². The molecule has 0 saturated carbocycles. The Kier molecular flexibility index (Phi) is 4.20. The molecule has 120 valence electrons. The molecular weight excluding hydrogens is 318 g/mol. The monoisotopic (exact) mass is 333 g/mol. The summed E-state index contributed by atoms with van der Waals surface area (Å²) in [6.45, 7) is 2.88. The minimum atomic E-state index is -0.967. The minimum Gasteiger partial charge on any atom is -0.388 e. The van der Waals surface area contributed by atoms with Crippen LogP contribution in [-0.2, 0) is 6.42 Å². The molecule has 7 nitrogen and oxygen atoms in total. The maximum Gasteiger partial charge on any atom is 0.229 e. The molecule has 0 radical (unpaired) electrons. The van der Waals surface area contributed by atoms with Crippen LogP contribution < -0.4 is 4.90 Å². The number of aromatic nitrogens is 3. The van der Waals surface area contributed by atoms with E-state index in [1.165, 1.54) is 0 Å². The van der Waals surface area contributed by atoms with Crippen molar-refractivity contribution in [2.75, 3.05) is 18.0 Å². The second-order valence-corrected chi connectivity index (χ2v) is 6.18. The van der Waals surface area contributed by atoms with E-state index in [4.69, 9.17) is 21.4 Å². The van der Waals surface area contributed by atoms with Gasteiger partial charge in [0.15, 0.2) is 11.5 Å². The number of piperidine rings is 1. The number of β-amino-alcohol motifs (C(OH)–C–C–N with tert-alkyl or cyclic N) is 1. The molecule has 1 fully saturated rings. The quantitative estimate of drug-likeness (QED) is 0.915.